The second-order valence-corrected chi connectivity index (χ2v) is 16.1. The number of nitrogens with two attached hydrogens (primary N) is 1. The van der Waals surface area contributed by atoms with Crippen molar-refractivity contribution in [3.05, 3.63) is 136 Å². The maximum atomic E-state index is 12.7. The van der Waals surface area contributed by atoms with Crippen molar-refractivity contribution in [2.45, 2.75) is 37.5 Å². The molecule has 0 spiro atoms. The third kappa shape index (κ3) is 11.2. The summed E-state index contributed by atoms with van der Waals surface area (Å²) in [5.41, 5.74) is -1.27. The zero-order chi connectivity index (χ0) is 44.4. The minimum atomic E-state index is -3.98. The number of hydrogen-bond acceptors (Lipinski definition) is 16. The Kier molecular flexibility index (Phi) is 16.0. The minimum absolute atomic E-state index is 0. The molecule has 0 saturated heterocycles. The Balaban J connectivity index is 0.000000320. The Morgan fingerprint density at radius 1 is 0.694 bits per heavy atom. The number of nitrogens with zero attached hydrogens (tertiary/aromatic N) is 8. The van der Waals surface area contributed by atoms with Crippen LogP contribution in [0.15, 0.2) is 113 Å². The van der Waals surface area contributed by atoms with Gasteiger partial charge in [-0.1, -0.05) is 12.1 Å². The maximum Gasteiger partial charge on any atom is 1.00 e. The van der Waals surface area contributed by atoms with Gasteiger partial charge in [-0.3, -0.25) is 40.0 Å². The average Bonchev–Trinajstić information content (AvgIpc) is 3.62. The second-order valence-electron chi connectivity index (χ2n) is 12.8. The van der Waals surface area contributed by atoms with Crippen LogP contribution in [0.4, 0.5) is 34.1 Å². The number of phenolic OH excluding ortho intramolecular Hbond substituents is 1. The Morgan fingerprint density at radius 2 is 1.11 bits per heavy atom. The predicted molar refractivity (Wildman–Crippen MR) is 209 cm³/mol. The predicted octanol–water partition coefficient (Wildman–Crippen LogP) is 0.571. The van der Waals surface area contributed by atoms with Crippen molar-refractivity contribution >= 4 is 54.2 Å². The van der Waals surface area contributed by atoms with E-state index in [2.05, 4.69) is 35.8 Å². The molecule has 0 saturated carbocycles. The van der Waals surface area contributed by atoms with Gasteiger partial charge in [0.05, 0.1) is 43.2 Å². The van der Waals surface area contributed by atoms with Gasteiger partial charge >= 0.3 is 45.3 Å². The number of aromatic amines is 2. The van der Waals surface area contributed by atoms with Gasteiger partial charge in [0, 0.05) is 35.2 Å². The Hall–Kier alpha value is -6.15. The number of nitrogens with one attached hydrogen (secondary N) is 2. The molecule has 318 valence electrons. The van der Waals surface area contributed by atoms with Crippen molar-refractivity contribution in [3.8, 4) is 22.9 Å². The Labute approximate surface area is 382 Å². The molecule has 0 unspecified atom stereocenters. The van der Waals surface area contributed by atoms with Gasteiger partial charge in [-0.15, -0.1) is 15.3 Å². The summed E-state index contributed by atoms with van der Waals surface area (Å²) in [4.78, 5) is 45.6. The largest absolute Gasteiger partial charge is 1.00 e. The summed E-state index contributed by atoms with van der Waals surface area (Å²) in [5.74, 6) is -1.60. The zero-order valence-electron chi connectivity index (χ0n) is 33.0. The second kappa shape index (κ2) is 19.7. The molecule has 2 heterocycles. The number of H-pyrrole nitrogens is 2. The standard InChI is InChI=1S/2C17H16N6O6S.Cr.Na/c2*1-9-6-13(16(24)14(7-9)23(26)27)19-20-15-10(2)21-22(17(15)25)11-4-3-5-12(8-11)30(18,28)29;;/h2*3-8,21,24H,1-2H3,(H2,18,28,29);;/q;;;+1. The number of benzene rings is 4. The van der Waals surface area contributed by atoms with Crippen molar-refractivity contribution in [1.82, 2.24) is 19.6 Å². The van der Waals surface area contributed by atoms with E-state index in [0.29, 0.717) is 16.8 Å². The minimum Gasteiger partial charge on any atom is -0.866 e. The molecule has 0 aliphatic carbocycles. The van der Waals surface area contributed by atoms with Crippen LogP contribution < -0.4 is 56.1 Å². The maximum absolute atomic E-state index is 12.7. The molecule has 24 nitrogen and oxygen atoms in total. The van der Waals surface area contributed by atoms with Gasteiger partial charge in [0.25, 0.3) is 16.8 Å². The molecule has 4 aromatic carbocycles. The first-order valence-electron chi connectivity index (χ1n) is 16.7. The summed E-state index contributed by atoms with van der Waals surface area (Å²) >= 11 is 0. The number of nitro groups is 2. The Morgan fingerprint density at radius 3 is 1.56 bits per heavy atom. The van der Waals surface area contributed by atoms with Crippen LogP contribution in [0.1, 0.15) is 22.5 Å². The topological polar surface area (TPSA) is 377 Å². The van der Waals surface area contributed by atoms with Crippen LogP contribution in [0.5, 0.6) is 11.5 Å². The smallest absolute Gasteiger partial charge is 0.866 e. The fourth-order valence-corrected chi connectivity index (χ4v) is 6.54. The number of aromatic hydroxyl groups is 1. The van der Waals surface area contributed by atoms with E-state index in [1.807, 2.05) is 0 Å². The fraction of sp³-hybridized carbons (Fsp3) is 0.118. The number of rotatable bonds is 10. The average molecular weight is 940 g/mol. The van der Waals surface area contributed by atoms with Crippen LogP contribution in [-0.4, -0.2) is 51.3 Å². The molecule has 0 radical (unpaired) electrons. The first-order chi connectivity index (χ1) is 28.0. The van der Waals surface area contributed by atoms with Crippen molar-refractivity contribution in [2.24, 2.45) is 25.6 Å². The molecule has 0 bridgehead atoms. The molecular weight excluding hydrogens is 908 g/mol. The van der Waals surface area contributed by atoms with E-state index >= 15 is 0 Å². The molecule has 2 aromatic heterocycles. The van der Waals surface area contributed by atoms with Gasteiger partial charge in [-0.05, 0) is 87.4 Å². The van der Waals surface area contributed by atoms with Gasteiger partial charge in [-0.2, -0.15) is 13.5 Å². The van der Waals surface area contributed by atoms with Crippen LogP contribution in [0.3, 0.4) is 0 Å². The summed E-state index contributed by atoms with van der Waals surface area (Å²) in [6.07, 6.45) is 0. The van der Waals surface area contributed by atoms with Crippen LogP contribution in [-0.2, 0) is 37.4 Å². The van der Waals surface area contributed by atoms with E-state index in [1.165, 1.54) is 73.7 Å². The van der Waals surface area contributed by atoms with Crippen LogP contribution in [0.2, 0.25) is 0 Å². The van der Waals surface area contributed by atoms with Crippen LogP contribution >= 0.6 is 0 Å². The number of aryl methyl sites for hydroxylation is 4. The first kappa shape index (κ1) is 50.2. The van der Waals surface area contributed by atoms with E-state index in [4.69, 9.17) is 5.14 Å². The number of sulfonamides is 2. The summed E-state index contributed by atoms with van der Waals surface area (Å²) in [5, 5.41) is 73.1. The van der Waals surface area contributed by atoms with Crippen molar-refractivity contribution < 1.29 is 89.0 Å². The van der Waals surface area contributed by atoms with Gasteiger partial charge in [0.15, 0.2) is 11.4 Å². The van der Waals surface area contributed by atoms with Crippen molar-refractivity contribution in [3.63, 3.8) is 0 Å². The molecule has 28 heteroatoms. The van der Waals surface area contributed by atoms with Gasteiger partial charge < -0.3 is 10.2 Å². The van der Waals surface area contributed by atoms with Gasteiger partial charge in [0.2, 0.25) is 15.8 Å². The third-order valence-corrected chi connectivity index (χ3v) is 10.1. The van der Waals surface area contributed by atoms with Gasteiger partial charge in [0.1, 0.15) is 10.6 Å². The molecule has 0 fully saturated rings. The third-order valence-electron chi connectivity index (χ3n) is 8.24. The van der Waals surface area contributed by atoms with E-state index in [9.17, 15) is 56.9 Å². The molecular formula is C34H32CrN12NaO12S2+. The Bertz CT molecular complexity index is 2940. The summed E-state index contributed by atoms with van der Waals surface area (Å²) < 4.78 is 48.5. The quantitative estimate of drug-likeness (QED) is 0.0545. The molecule has 6 rings (SSSR count). The van der Waals surface area contributed by atoms with E-state index < -0.39 is 63.9 Å². The molecule has 62 heavy (non-hydrogen) atoms. The van der Waals surface area contributed by atoms with Crippen molar-refractivity contribution in [1.29, 1.82) is 0 Å². The molecule has 0 aliphatic heterocycles. The summed E-state index contributed by atoms with van der Waals surface area (Å²) in [6, 6.07) is 16.0. The van der Waals surface area contributed by atoms with Crippen LogP contribution in [0.25, 0.3) is 11.4 Å². The number of phenols is 1. The number of aromatic nitrogens is 4. The SMILES string of the molecule is Cc1cc(N=Nc2c(C)[nH]n(-c3cccc(S(N)(=O)=O)c3)c2=O)c([O-])c([N+](=O)[O-])c1.Cc1cc(N=Nc2c(C)[nH]n(-c3cccc(S([NH3+])(=O)=O)c3)c2=O)c(O)c([N+](=O)[O-])c1.[Cr].[Na+]. The normalized spacial score (nSPS) is 11.5. The van der Waals surface area contributed by atoms with Gasteiger partial charge in [-0.25, -0.2) is 28.1 Å². The molecule has 0 aliphatic rings. The molecule has 8 N–H and O–H groups in total. The number of nitro benzene ring substituents is 2. The summed E-state index contributed by atoms with van der Waals surface area (Å²) in [6.45, 7) is 6.21. The van der Waals surface area contributed by atoms with Crippen molar-refractivity contribution in [2.75, 3.05) is 0 Å². The van der Waals surface area contributed by atoms with E-state index in [1.54, 1.807) is 20.8 Å². The van der Waals surface area contributed by atoms with E-state index in [-0.39, 0.29) is 96.5 Å². The number of azo groups is 2. The molecule has 0 amide bonds. The van der Waals surface area contributed by atoms with E-state index in [0.717, 1.165) is 15.4 Å². The first-order valence-corrected chi connectivity index (χ1v) is 19.9. The van der Waals surface area contributed by atoms with Crippen LogP contribution in [0, 0.1) is 47.9 Å². The summed E-state index contributed by atoms with van der Waals surface area (Å²) in [7, 11) is -7.70. The monoisotopic (exact) mass is 939 g/mol. The zero-order valence-corrected chi connectivity index (χ0v) is 37.9. The molecule has 6 aromatic rings. The number of quaternary nitrogens is 1. The number of hydrogen-bond donors (Lipinski definition) is 5. The fourth-order valence-electron chi connectivity index (χ4n) is 5.40. The number of primary sulfonamides is 1. The molecule has 0 atom stereocenters.